The normalized spacial score (nSPS) is 16.4. The maximum atomic E-state index is 11.8. The molecule has 1 aromatic carbocycles. The molecule has 3 N–H and O–H groups in total. The van der Waals surface area contributed by atoms with Crippen LogP contribution in [0.1, 0.15) is 5.56 Å². The van der Waals surface area contributed by atoms with Crippen LogP contribution in [0, 0.1) is 5.92 Å². The molecule has 0 radical (unpaired) electrons. The lowest BCUT2D eigenvalue weighted by Gasteiger charge is -2.25. The molecule has 23 heavy (non-hydrogen) atoms. The highest BCUT2D eigenvalue weighted by atomic mass is 16.1. The fraction of sp³-hybridized carbons (Fsp3) is 0.412. The Kier molecular flexibility index (Phi) is 5.26. The van der Waals surface area contributed by atoms with Crippen LogP contribution in [0.25, 0.3) is 0 Å². The van der Waals surface area contributed by atoms with E-state index in [1.54, 1.807) is 0 Å². The van der Waals surface area contributed by atoms with Crippen LogP contribution in [0.15, 0.2) is 42.6 Å². The lowest BCUT2D eigenvalue weighted by atomic mass is 10.1. The minimum absolute atomic E-state index is 0.0681. The SMILES string of the molecule is O=C(Cc1ccccc1)NCCNC[C@@H]1CNc2ccnn2C1. The van der Waals surface area contributed by atoms with Crippen molar-refractivity contribution in [3.63, 3.8) is 0 Å². The van der Waals surface area contributed by atoms with Crippen molar-refractivity contribution in [1.29, 1.82) is 0 Å². The van der Waals surface area contributed by atoms with Crippen LogP contribution in [0.3, 0.4) is 0 Å². The molecule has 6 heteroatoms. The molecule has 1 aliphatic rings. The number of hydrogen-bond donors (Lipinski definition) is 3. The molecule has 3 rings (SSSR count). The fourth-order valence-corrected chi connectivity index (χ4v) is 2.76. The van der Waals surface area contributed by atoms with Crippen molar-refractivity contribution in [3.05, 3.63) is 48.2 Å². The van der Waals surface area contributed by atoms with Gasteiger partial charge in [-0.25, -0.2) is 4.68 Å². The molecule has 2 aromatic rings. The number of hydrogen-bond acceptors (Lipinski definition) is 4. The first-order valence-electron chi connectivity index (χ1n) is 8.08. The van der Waals surface area contributed by atoms with Gasteiger partial charge in [0.1, 0.15) is 5.82 Å². The zero-order valence-corrected chi connectivity index (χ0v) is 13.2. The summed E-state index contributed by atoms with van der Waals surface area (Å²) in [6.07, 6.45) is 2.26. The highest BCUT2D eigenvalue weighted by molar-refractivity contribution is 5.78. The summed E-state index contributed by atoms with van der Waals surface area (Å²) in [4.78, 5) is 11.8. The summed E-state index contributed by atoms with van der Waals surface area (Å²) in [6, 6.07) is 11.8. The van der Waals surface area contributed by atoms with Gasteiger partial charge in [-0.05, 0) is 5.56 Å². The first kappa shape index (κ1) is 15.6. The number of aromatic nitrogens is 2. The maximum Gasteiger partial charge on any atom is 0.224 e. The fourth-order valence-electron chi connectivity index (χ4n) is 2.76. The van der Waals surface area contributed by atoms with E-state index in [9.17, 15) is 4.79 Å². The number of nitrogens with zero attached hydrogens (tertiary/aromatic N) is 2. The molecule has 122 valence electrons. The van der Waals surface area contributed by atoms with Gasteiger partial charge in [0.25, 0.3) is 0 Å². The number of amides is 1. The van der Waals surface area contributed by atoms with E-state index in [-0.39, 0.29) is 5.91 Å². The Morgan fingerprint density at radius 2 is 2.13 bits per heavy atom. The Labute approximate surface area is 136 Å². The Morgan fingerprint density at radius 1 is 1.26 bits per heavy atom. The molecule has 0 bridgehead atoms. The molecule has 0 unspecified atom stereocenters. The summed E-state index contributed by atoms with van der Waals surface area (Å²) in [6.45, 7) is 4.24. The molecule has 2 heterocycles. The van der Waals surface area contributed by atoms with Gasteiger partial charge in [-0.3, -0.25) is 4.79 Å². The van der Waals surface area contributed by atoms with Crippen LogP contribution in [0.2, 0.25) is 0 Å². The van der Waals surface area contributed by atoms with E-state index in [1.165, 1.54) is 0 Å². The number of rotatable bonds is 7. The van der Waals surface area contributed by atoms with Crippen LogP contribution in [-0.2, 0) is 17.8 Å². The average molecular weight is 313 g/mol. The molecule has 0 saturated carbocycles. The van der Waals surface area contributed by atoms with Gasteiger partial charge in [0.2, 0.25) is 5.91 Å². The minimum Gasteiger partial charge on any atom is -0.370 e. The summed E-state index contributed by atoms with van der Waals surface area (Å²) < 4.78 is 2.00. The third-order valence-electron chi connectivity index (χ3n) is 3.98. The van der Waals surface area contributed by atoms with E-state index in [1.807, 2.05) is 47.3 Å². The lowest BCUT2D eigenvalue weighted by molar-refractivity contribution is -0.120. The van der Waals surface area contributed by atoms with E-state index >= 15 is 0 Å². The Hall–Kier alpha value is -2.34. The summed E-state index contributed by atoms with van der Waals surface area (Å²) in [7, 11) is 0. The molecule has 1 aromatic heterocycles. The highest BCUT2D eigenvalue weighted by Gasteiger charge is 2.17. The first-order chi connectivity index (χ1) is 11.3. The molecule has 0 fully saturated rings. The monoisotopic (exact) mass is 313 g/mol. The molecule has 1 amide bonds. The van der Waals surface area contributed by atoms with Crippen molar-refractivity contribution < 1.29 is 4.79 Å². The lowest BCUT2D eigenvalue weighted by Crippen LogP contribution is -2.38. The number of carbonyl (C=O) groups is 1. The zero-order valence-electron chi connectivity index (χ0n) is 13.2. The van der Waals surface area contributed by atoms with Gasteiger partial charge in [-0.2, -0.15) is 5.10 Å². The van der Waals surface area contributed by atoms with Gasteiger partial charge >= 0.3 is 0 Å². The van der Waals surface area contributed by atoms with Crippen LogP contribution < -0.4 is 16.0 Å². The molecule has 0 spiro atoms. The van der Waals surface area contributed by atoms with Gasteiger partial charge in [0.05, 0.1) is 12.6 Å². The minimum atomic E-state index is 0.0681. The Bertz CT molecular complexity index is 625. The number of anilines is 1. The van der Waals surface area contributed by atoms with Crippen molar-refractivity contribution >= 4 is 11.7 Å². The predicted molar refractivity (Wildman–Crippen MR) is 90.2 cm³/mol. The number of benzene rings is 1. The van der Waals surface area contributed by atoms with Gasteiger partial charge in [0, 0.05) is 44.7 Å². The number of nitrogens with one attached hydrogen (secondary N) is 3. The first-order valence-corrected chi connectivity index (χ1v) is 8.08. The van der Waals surface area contributed by atoms with Crippen molar-refractivity contribution in [1.82, 2.24) is 20.4 Å². The smallest absolute Gasteiger partial charge is 0.224 e. The van der Waals surface area contributed by atoms with Crippen LogP contribution >= 0.6 is 0 Å². The van der Waals surface area contributed by atoms with E-state index < -0.39 is 0 Å². The van der Waals surface area contributed by atoms with Crippen LogP contribution in [0.5, 0.6) is 0 Å². The van der Waals surface area contributed by atoms with E-state index in [0.717, 1.165) is 37.6 Å². The van der Waals surface area contributed by atoms with E-state index in [4.69, 9.17) is 0 Å². The van der Waals surface area contributed by atoms with E-state index in [2.05, 4.69) is 21.0 Å². The maximum absolute atomic E-state index is 11.8. The third kappa shape index (κ3) is 4.56. The second-order valence-corrected chi connectivity index (χ2v) is 5.86. The summed E-state index contributed by atoms with van der Waals surface area (Å²) in [5.41, 5.74) is 1.04. The van der Waals surface area contributed by atoms with Crippen molar-refractivity contribution in [3.8, 4) is 0 Å². The number of carbonyl (C=O) groups excluding carboxylic acids is 1. The molecular weight excluding hydrogens is 290 g/mol. The quantitative estimate of drug-likeness (QED) is 0.664. The molecular formula is C17H23N5O. The summed E-state index contributed by atoms with van der Waals surface area (Å²) in [5.74, 6) is 1.68. The van der Waals surface area contributed by atoms with Crippen molar-refractivity contribution in [2.24, 2.45) is 5.92 Å². The van der Waals surface area contributed by atoms with Crippen molar-refractivity contribution in [2.45, 2.75) is 13.0 Å². The standard InChI is InChI=1S/C17H23N5O/c23-17(10-14-4-2-1-3-5-14)19-9-8-18-11-15-12-20-16-6-7-21-22(16)13-15/h1-7,15,18,20H,8-13H2,(H,19,23)/t15-/m1/s1. The topological polar surface area (TPSA) is 71.0 Å². The summed E-state index contributed by atoms with van der Waals surface area (Å²) >= 11 is 0. The molecule has 0 aliphatic carbocycles. The van der Waals surface area contributed by atoms with E-state index in [0.29, 0.717) is 18.9 Å². The predicted octanol–water partition coefficient (Wildman–Crippen LogP) is 0.873. The Morgan fingerprint density at radius 3 is 3.00 bits per heavy atom. The van der Waals surface area contributed by atoms with Crippen LogP contribution in [-0.4, -0.2) is 41.9 Å². The molecule has 1 atom stereocenters. The second kappa shape index (κ2) is 7.78. The van der Waals surface area contributed by atoms with Crippen molar-refractivity contribution in [2.75, 3.05) is 31.5 Å². The highest BCUT2D eigenvalue weighted by Crippen LogP contribution is 2.15. The van der Waals surface area contributed by atoms with Gasteiger partial charge in [-0.15, -0.1) is 0 Å². The molecule has 6 nitrogen and oxygen atoms in total. The van der Waals surface area contributed by atoms with Gasteiger partial charge in [-0.1, -0.05) is 30.3 Å². The second-order valence-electron chi connectivity index (χ2n) is 5.86. The van der Waals surface area contributed by atoms with Gasteiger partial charge in [0.15, 0.2) is 0 Å². The Balaban J connectivity index is 1.28. The average Bonchev–Trinajstić information content (AvgIpc) is 3.03. The van der Waals surface area contributed by atoms with Gasteiger partial charge < -0.3 is 16.0 Å². The largest absolute Gasteiger partial charge is 0.370 e. The van der Waals surface area contributed by atoms with Crippen LogP contribution in [0.4, 0.5) is 5.82 Å². The number of fused-ring (bicyclic) bond motifs is 1. The molecule has 1 aliphatic heterocycles. The zero-order chi connectivity index (χ0) is 15.9. The summed E-state index contributed by atoms with van der Waals surface area (Å²) in [5, 5.41) is 14.0. The third-order valence-corrected chi connectivity index (χ3v) is 3.98. The molecule has 0 saturated heterocycles.